The van der Waals surface area contributed by atoms with Crippen LogP contribution in [-0.4, -0.2) is 17.9 Å². The average Bonchev–Trinajstić information content (AvgIpc) is 3.02. The van der Waals surface area contributed by atoms with Crippen molar-refractivity contribution in [1.82, 2.24) is 0 Å². The SMILES string of the molecule is Cc1ccc(N2C(=O)C(Nc3ccc(F)c(F)c3)=C(c3ccc(OC(C)C)cc3)C2=O)cc1C. The van der Waals surface area contributed by atoms with Crippen LogP contribution in [0.25, 0.3) is 5.57 Å². The van der Waals surface area contributed by atoms with Crippen LogP contribution >= 0.6 is 0 Å². The number of rotatable bonds is 6. The molecule has 4 rings (SSSR count). The minimum Gasteiger partial charge on any atom is -0.491 e. The lowest BCUT2D eigenvalue weighted by Gasteiger charge is -2.17. The van der Waals surface area contributed by atoms with Gasteiger partial charge in [0, 0.05) is 11.8 Å². The number of halogens is 2. The highest BCUT2D eigenvalue weighted by atomic mass is 19.2. The number of nitrogens with zero attached hydrogens (tertiary/aromatic N) is 1. The maximum Gasteiger partial charge on any atom is 0.282 e. The third kappa shape index (κ3) is 4.41. The summed E-state index contributed by atoms with van der Waals surface area (Å²) in [4.78, 5) is 28.1. The van der Waals surface area contributed by atoms with Crippen LogP contribution in [0.1, 0.15) is 30.5 Å². The Bertz CT molecular complexity index is 1310. The number of carbonyl (C=O) groups is 2. The number of hydrogen-bond acceptors (Lipinski definition) is 4. The van der Waals surface area contributed by atoms with Gasteiger partial charge in [0.1, 0.15) is 11.4 Å². The second kappa shape index (κ2) is 9.09. The first kappa shape index (κ1) is 23.2. The molecule has 2 amide bonds. The number of amides is 2. The van der Waals surface area contributed by atoms with Gasteiger partial charge in [-0.2, -0.15) is 0 Å². The standard InChI is InChI=1S/C27H24F2N2O3/c1-15(2)34-21-10-6-18(7-11-21)24-25(30-19-8-12-22(28)23(29)14-19)27(33)31(26(24)32)20-9-5-16(3)17(4)13-20/h5-15,30H,1-4H3. The highest BCUT2D eigenvalue weighted by Crippen LogP contribution is 2.35. The Morgan fingerprint density at radius 3 is 2.15 bits per heavy atom. The number of ether oxygens (including phenoxy) is 1. The molecule has 0 saturated carbocycles. The Hall–Kier alpha value is -4.00. The summed E-state index contributed by atoms with van der Waals surface area (Å²) >= 11 is 0. The Kier molecular flexibility index (Phi) is 6.20. The normalized spacial score (nSPS) is 13.8. The molecular formula is C27H24F2N2O3. The third-order valence-corrected chi connectivity index (χ3v) is 5.54. The van der Waals surface area contributed by atoms with Crippen LogP contribution in [0, 0.1) is 25.5 Å². The Labute approximate surface area is 196 Å². The van der Waals surface area contributed by atoms with Crippen molar-refractivity contribution in [2.45, 2.75) is 33.8 Å². The maximum atomic E-state index is 13.8. The number of hydrogen-bond donors (Lipinski definition) is 1. The topological polar surface area (TPSA) is 58.6 Å². The van der Waals surface area contributed by atoms with Gasteiger partial charge in [0.15, 0.2) is 11.6 Å². The molecule has 7 heteroatoms. The molecule has 0 radical (unpaired) electrons. The third-order valence-electron chi connectivity index (χ3n) is 5.54. The van der Waals surface area contributed by atoms with E-state index in [1.807, 2.05) is 33.8 Å². The molecule has 0 aliphatic carbocycles. The molecule has 34 heavy (non-hydrogen) atoms. The molecular weight excluding hydrogens is 438 g/mol. The molecule has 174 valence electrons. The van der Waals surface area contributed by atoms with Gasteiger partial charge in [0.05, 0.1) is 17.4 Å². The van der Waals surface area contributed by atoms with Crippen molar-refractivity contribution < 1.29 is 23.1 Å². The van der Waals surface area contributed by atoms with Crippen LogP contribution < -0.4 is 15.0 Å². The van der Waals surface area contributed by atoms with Crippen molar-refractivity contribution in [2.75, 3.05) is 10.2 Å². The van der Waals surface area contributed by atoms with Gasteiger partial charge < -0.3 is 10.1 Å². The van der Waals surface area contributed by atoms with E-state index in [4.69, 9.17) is 4.74 Å². The zero-order chi connectivity index (χ0) is 24.6. The number of benzene rings is 3. The number of carbonyl (C=O) groups excluding carboxylic acids is 2. The highest BCUT2D eigenvalue weighted by Gasteiger charge is 2.40. The molecule has 0 unspecified atom stereocenters. The van der Waals surface area contributed by atoms with Gasteiger partial charge in [0.2, 0.25) is 0 Å². The molecule has 0 aromatic heterocycles. The number of imide groups is 1. The molecule has 3 aromatic carbocycles. The number of anilines is 2. The summed E-state index contributed by atoms with van der Waals surface area (Å²) in [5, 5.41) is 2.84. The van der Waals surface area contributed by atoms with Crippen molar-refractivity contribution in [3.05, 3.63) is 94.7 Å². The summed E-state index contributed by atoms with van der Waals surface area (Å²) < 4.78 is 32.9. The minimum atomic E-state index is -1.06. The van der Waals surface area contributed by atoms with Gasteiger partial charge in [-0.1, -0.05) is 18.2 Å². The van der Waals surface area contributed by atoms with Crippen LogP contribution in [0.3, 0.4) is 0 Å². The lowest BCUT2D eigenvalue weighted by atomic mass is 10.0. The lowest BCUT2D eigenvalue weighted by molar-refractivity contribution is -0.120. The summed E-state index contributed by atoms with van der Waals surface area (Å²) in [5.41, 5.74) is 3.13. The lowest BCUT2D eigenvalue weighted by Crippen LogP contribution is -2.32. The van der Waals surface area contributed by atoms with Crippen LogP contribution in [0.5, 0.6) is 5.75 Å². The van der Waals surface area contributed by atoms with E-state index in [0.29, 0.717) is 17.0 Å². The smallest absolute Gasteiger partial charge is 0.282 e. The van der Waals surface area contributed by atoms with Crippen molar-refractivity contribution in [1.29, 1.82) is 0 Å². The molecule has 3 aromatic rings. The van der Waals surface area contributed by atoms with E-state index in [1.54, 1.807) is 36.4 Å². The molecule has 5 nitrogen and oxygen atoms in total. The fourth-order valence-corrected chi connectivity index (χ4v) is 3.70. The fourth-order valence-electron chi connectivity index (χ4n) is 3.70. The molecule has 1 aliphatic heterocycles. The molecule has 1 aliphatic rings. The maximum absolute atomic E-state index is 13.8. The van der Waals surface area contributed by atoms with E-state index in [9.17, 15) is 18.4 Å². The van der Waals surface area contributed by atoms with Gasteiger partial charge in [-0.05, 0) is 80.8 Å². The first-order valence-electron chi connectivity index (χ1n) is 10.8. The van der Waals surface area contributed by atoms with Crippen molar-refractivity contribution in [2.24, 2.45) is 0 Å². The molecule has 0 spiro atoms. The first-order chi connectivity index (χ1) is 16.2. The number of nitrogens with one attached hydrogen (secondary N) is 1. The second-order valence-corrected chi connectivity index (χ2v) is 8.41. The largest absolute Gasteiger partial charge is 0.491 e. The summed E-state index contributed by atoms with van der Waals surface area (Å²) in [5.74, 6) is -2.56. The zero-order valence-corrected chi connectivity index (χ0v) is 19.3. The van der Waals surface area contributed by atoms with E-state index < -0.39 is 23.4 Å². The van der Waals surface area contributed by atoms with Crippen LogP contribution in [-0.2, 0) is 9.59 Å². The quantitative estimate of drug-likeness (QED) is 0.473. The van der Waals surface area contributed by atoms with Crippen molar-refractivity contribution in [3.8, 4) is 5.75 Å². The predicted octanol–water partition coefficient (Wildman–Crippen LogP) is 5.77. The summed E-state index contributed by atoms with van der Waals surface area (Å²) in [6.07, 6.45) is -0.0226. The Balaban J connectivity index is 1.79. The van der Waals surface area contributed by atoms with Gasteiger partial charge in [-0.25, -0.2) is 13.7 Å². The molecule has 0 atom stereocenters. The van der Waals surface area contributed by atoms with Gasteiger partial charge in [-0.15, -0.1) is 0 Å². The van der Waals surface area contributed by atoms with Crippen molar-refractivity contribution >= 4 is 28.8 Å². The number of aryl methyl sites for hydroxylation is 2. The fraction of sp³-hybridized carbons (Fsp3) is 0.185. The van der Waals surface area contributed by atoms with E-state index in [0.717, 1.165) is 28.2 Å². The zero-order valence-electron chi connectivity index (χ0n) is 19.3. The molecule has 1 N–H and O–H groups in total. The van der Waals surface area contributed by atoms with Crippen molar-refractivity contribution in [3.63, 3.8) is 0 Å². The summed E-state index contributed by atoms with van der Waals surface area (Å²) in [6, 6.07) is 15.3. The molecule has 0 saturated heterocycles. The average molecular weight is 462 g/mol. The van der Waals surface area contributed by atoms with Gasteiger partial charge in [0.25, 0.3) is 11.8 Å². The first-order valence-corrected chi connectivity index (χ1v) is 10.8. The molecule has 0 bridgehead atoms. The van der Waals surface area contributed by atoms with E-state index in [2.05, 4.69) is 5.32 Å². The predicted molar refractivity (Wildman–Crippen MR) is 128 cm³/mol. The van der Waals surface area contributed by atoms with E-state index >= 15 is 0 Å². The van der Waals surface area contributed by atoms with Gasteiger partial charge in [-0.3, -0.25) is 9.59 Å². The van der Waals surface area contributed by atoms with Crippen LogP contribution in [0.2, 0.25) is 0 Å². The molecule has 0 fully saturated rings. The van der Waals surface area contributed by atoms with E-state index in [1.165, 1.54) is 6.07 Å². The van der Waals surface area contributed by atoms with E-state index in [-0.39, 0.29) is 23.1 Å². The van der Waals surface area contributed by atoms with Crippen LogP contribution in [0.15, 0.2) is 66.4 Å². The highest BCUT2D eigenvalue weighted by molar-refractivity contribution is 6.46. The monoisotopic (exact) mass is 462 g/mol. The van der Waals surface area contributed by atoms with Crippen LogP contribution in [0.4, 0.5) is 20.2 Å². The Morgan fingerprint density at radius 1 is 0.824 bits per heavy atom. The Morgan fingerprint density at radius 2 is 1.53 bits per heavy atom. The minimum absolute atomic E-state index is 0.0215. The van der Waals surface area contributed by atoms with Gasteiger partial charge >= 0.3 is 0 Å². The molecule has 1 heterocycles. The second-order valence-electron chi connectivity index (χ2n) is 8.41. The summed E-state index contributed by atoms with van der Waals surface area (Å²) in [6.45, 7) is 7.64. The summed E-state index contributed by atoms with van der Waals surface area (Å²) in [7, 11) is 0.